The second kappa shape index (κ2) is 8.81. The van der Waals surface area contributed by atoms with Crippen molar-refractivity contribution in [3.05, 3.63) is 89.7 Å². The maximum atomic E-state index is 13.7. The van der Waals surface area contributed by atoms with Gasteiger partial charge in [-0.3, -0.25) is 4.79 Å². The SMILES string of the molecule is COc1ccc(C(=O)COC(=O)c2ccccc2Oc2ccccc2)cc1F. The molecule has 0 saturated carbocycles. The Morgan fingerprint density at radius 1 is 0.893 bits per heavy atom. The lowest BCUT2D eigenvalue weighted by Gasteiger charge is -2.11. The molecule has 0 spiro atoms. The van der Waals surface area contributed by atoms with Crippen LogP contribution in [0.25, 0.3) is 0 Å². The van der Waals surface area contributed by atoms with Crippen molar-refractivity contribution < 1.29 is 28.2 Å². The van der Waals surface area contributed by atoms with E-state index < -0.39 is 24.2 Å². The number of rotatable bonds is 7. The number of esters is 1. The number of ether oxygens (including phenoxy) is 3. The molecule has 28 heavy (non-hydrogen) atoms. The minimum Gasteiger partial charge on any atom is -0.494 e. The molecule has 0 unspecified atom stereocenters. The zero-order valence-electron chi connectivity index (χ0n) is 15.1. The van der Waals surface area contributed by atoms with Crippen molar-refractivity contribution in [2.75, 3.05) is 13.7 Å². The highest BCUT2D eigenvalue weighted by atomic mass is 19.1. The summed E-state index contributed by atoms with van der Waals surface area (Å²) in [4.78, 5) is 24.6. The Balaban J connectivity index is 1.68. The van der Waals surface area contributed by atoms with Crippen molar-refractivity contribution in [3.63, 3.8) is 0 Å². The van der Waals surface area contributed by atoms with Crippen molar-refractivity contribution in [3.8, 4) is 17.2 Å². The molecule has 142 valence electrons. The topological polar surface area (TPSA) is 61.8 Å². The van der Waals surface area contributed by atoms with Gasteiger partial charge in [0.2, 0.25) is 0 Å². The number of hydrogen-bond acceptors (Lipinski definition) is 5. The highest BCUT2D eigenvalue weighted by Crippen LogP contribution is 2.25. The van der Waals surface area contributed by atoms with Gasteiger partial charge < -0.3 is 14.2 Å². The van der Waals surface area contributed by atoms with Gasteiger partial charge in [0.15, 0.2) is 24.0 Å². The normalized spacial score (nSPS) is 10.2. The van der Waals surface area contributed by atoms with Crippen LogP contribution in [0.2, 0.25) is 0 Å². The smallest absolute Gasteiger partial charge is 0.342 e. The Bertz CT molecular complexity index is 985. The van der Waals surface area contributed by atoms with Gasteiger partial charge in [0.1, 0.15) is 17.1 Å². The molecule has 0 aliphatic heterocycles. The van der Waals surface area contributed by atoms with Crippen molar-refractivity contribution in [2.24, 2.45) is 0 Å². The molecule has 5 nitrogen and oxygen atoms in total. The molecule has 0 radical (unpaired) electrons. The largest absolute Gasteiger partial charge is 0.494 e. The van der Waals surface area contributed by atoms with Gasteiger partial charge in [-0.25, -0.2) is 9.18 Å². The van der Waals surface area contributed by atoms with Crippen molar-refractivity contribution in [2.45, 2.75) is 0 Å². The summed E-state index contributed by atoms with van der Waals surface area (Å²) in [5, 5.41) is 0. The quantitative estimate of drug-likeness (QED) is 0.440. The van der Waals surface area contributed by atoms with Crippen LogP contribution in [0.3, 0.4) is 0 Å². The molecule has 0 aromatic heterocycles. The van der Waals surface area contributed by atoms with Crippen LogP contribution >= 0.6 is 0 Å². The molecular weight excluding hydrogens is 363 g/mol. The predicted octanol–water partition coefficient (Wildman–Crippen LogP) is 4.67. The lowest BCUT2D eigenvalue weighted by Crippen LogP contribution is -2.15. The lowest BCUT2D eigenvalue weighted by atomic mass is 10.1. The number of Topliss-reactive ketones (excluding diaryl/α,β-unsaturated/α-hetero) is 1. The summed E-state index contributed by atoms with van der Waals surface area (Å²) in [5.74, 6) is -1.01. The van der Waals surface area contributed by atoms with Gasteiger partial charge in [-0.1, -0.05) is 30.3 Å². The van der Waals surface area contributed by atoms with E-state index >= 15 is 0 Å². The number of benzene rings is 3. The molecule has 3 rings (SSSR count). The van der Waals surface area contributed by atoms with Gasteiger partial charge in [0.25, 0.3) is 0 Å². The number of para-hydroxylation sites is 2. The molecule has 0 amide bonds. The van der Waals surface area contributed by atoms with Crippen LogP contribution < -0.4 is 9.47 Å². The van der Waals surface area contributed by atoms with E-state index in [1.807, 2.05) is 18.2 Å². The van der Waals surface area contributed by atoms with E-state index in [1.54, 1.807) is 30.3 Å². The number of halogens is 1. The van der Waals surface area contributed by atoms with Crippen LogP contribution in [0.15, 0.2) is 72.8 Å². The van der Waals surface area contributed by atoms with Crippen LogP contribution in [-0.2, 0) is 4.74 Å². The van der Waals surface area contributed by atoms with Crippen LogP contribution in [0, 0.1) is 5.82 Å². The highest BCUT2D eigenvalue weighted by molar-refractivity contribution is 6.00. The van der Waals surface area contributed by atoms with E-state index in [0.717, 1.165) is 6.07 Å². The lowest BCUT2D eigenvalue weighted by molar-refractivity contribution is 0.0472. The molecule has 0 atom stereocenters. The maximum Gasteiger partial charge on any atom is 0.342 e. The first-order valence-electron chi connectivity index (χ1n) is 8.44. The second-order valence-electron chi connectivity index (χ2n) is 5.76. The van der Waals surface area contributed by atoms with E-state index in [4.69, 9.17) is 14.2 Å². The number of ketones is 1. The first-order chi connectivity index (χ1) is 13.6. The number of hydrogen-bond donors (Lipinski definition) is 0. The van der Waals surface area contributed by atoms with Gasteiger partial charge >= 0.3 is 5.97 Å². The summed E-state index contributed by atoms with van der Waals surface area (Å²) in [6.07, 6.45) is 0. The van der Waals surface area contributed by atoms with Crippen LogP contribution in [0.1, 0.15) is 20.7 Å². The van der Waals surface area contributed by atoms with E-state index in [9.17, 15) is 14.0 Å². The maximum absolute atomic E-state index is 13.7. The number of methoxy groups -OCH3 is 1. The van der Waals surface area contributed by atoms with Crippen LogP contribution in [0.4, 0.5) is 4.39 Å². The average molecular weight is 380 g/mol. The molecular formula is C22H17FO5. The van der Waals surface area contributed by atoms with Crippen LogP contribution in [-0.4, -0.2) is 25.5 Å². The summed E-state index contributed by atoms with van der Waals surface area (Å²) in [7, 11) is 1.33. The molecule has 0 aliphatic carbocycles. The third-order valence-electron chi connectivity index (χ3n) is 3.89. The third kappa shape index (κ3) is 4.54. The standard InChI is InChI=1S/C22H17FO5/c1-26-21-12-11-15(13-18(21)23)19(24)14-27-22(25)17-9-5-6-10-20(17)28-16-7-3-2-4-8-16/h2-13H,14H2,1H3. The minimum atomic E-state index is -0.714. The van der Waals surface area contributed by atoms with Crippen molar-refractivity contribution in [1.29, 1.82) is 0 Å². The highest BCUT2D eigenvalue weighted by Gasteiger charge is 2.17. The monoisotopic (exact) mass is 380 g/mol. The summed E-state index contributed by atoms with van der Waals surface area (Å²) >= 11 is 0. The van der Waals surface area contributed by atoms with Gasteiger partial charge in [-0.05, 0) is 42.5 Å². The molecule has 6 heteroatoms. The Morgan fingerprint density at radius 2 is 1.61 bits per heavy atom. The van der Waals surface area contributed by atoms with Gasteiger partial charge in [-0.15, -0.1) is 0 Å². The summed E-state index contributed by atoms with van der Waals surface area (Å²) in [6, 6.07) is 19.3. The fourth-order valence-corrected chi connectivity index (χ4v) is 2.47. The zero-order chi connectivity index (χ0) is 19.9. The Hall–Kier alpha value is -3.67. The molecule has 0 aliphatic rings. The predicted molar refractivity (Wildman–Crippen MR) is 101 cm³/mol. The minimum absolute atomic E-state index is 0.0283. The van der Waals surface area contributed by atoms with Gasteiger partial charge in [0, 0.05) is 5.56 Å². The molecule has 3 aromatic rings. The summed E-state index contributed by atoms with van der Waals surface area (Å²) in [5.41, 5.74) is 0.264. The molecule has 0 fully saturated rings. The fourth-order valence-electron chi connectivity index (χ4n) is 2.47. The second-order valence-corrected chi connectivity index (χ2v) is 5.76. The van der Waals surface area contributed by atoms with Crippen molar-refractivity contribution in [1.82, 2.24) is 0 Å². The Kier molecular flexibility index (Phi) is 6.01. The van der Waals surface area contributed by atoms with Crippen LogP contribution in [0.5, 0.6) is 17.2 Å². The first kappa shape index (κ1) is 19.1. The first-order valence-corrected chi connectivity index (χ1v) is 8.44. The van der Waals surface area contributed by atoms with Gasteiger partial charge in [0.05, 0.1) is 7.11 Å². The fraction of sp³-hybridized carbons (Fsp3) is 0.0909. The molecule has 0 heterocycles. The summed E-state index contributed by atoms with van der Waals surface area (Å²) < 4.78 is 29.4. The molecule has 0 saturated heterocycles. The number of carbonyl (C=O) groups excluding carboxylic acids is 2. The Labute approximate surface area is 161 Å². The van der Waals surface area contributed by atoms with E-state index in [-0.39, 0.29) is 16.9 Å². The van der Waals surface area contributed by atoms with Crippen molar-refractivity contribution >= 4 is 11.8 Å². The molecule has 0 bridgehead atoms. The van der Waals surface area contributed by atoms with E-state index in [2.05, 4.69) is 0 Å². The van der Waals surface area contributed by atoms with E-state index in [0.29, 0.717) is 11.5 Å². The molecule has 3 aromatic carbocycles. The Morgan fingerprint density at radius 3 is 2.32 bits per heavy atom. The third-order valence-corrected chi connectivity index (χ3v) is 3.89. The zero-order valence-corrected chi connectivity index (χ0v) is 15.1. The average Bonchev–Trinajstić information content (AvgIpc) is 2.73. The number of carbonyl (C=O) groups is 2. The summed E-state index contributed by atoms with van der Waals surface area (Å²) in [6.45, 7) is -0.524. The van der Waals surface area contributed by atoms with Gasteiger partial charge in [-0.2, -0.15) is 0 Å². The molecule has 0 N–H and O–H groups in total. The van der Waals surface area contributed by atoms with E-state index in [1.165, 1.54) is 25.3 Å².